The van der Waals surface area contributed by atoms with Crippen LogP contribution in [0.15, 0.2) is 36.4 Å². The van der Waals surface area contributed by atoms with Crippen LogP contribution >= 0.6 is 0 Å². The molecule has 0 unspecified atom stereocenters. The lowest BCUT2D eigenvalue weighted by molar-refractivity contribution is 0.0947. The van der Waals surface area contributed by atoms with Crippen molar-refractivity contribution < 1.29 is 18.3 Å². The maximum Gasteiger partial charge on any atom is 0.255 e. The van der Waals surface area contributed by atoms with Gasteiger partial charge < -0.3 is 15.8 Å². The predicted octanol–water partition coefficient (Wildman–Crippen LogP) is 4.34. The number of amides is 1. The first kappa shape index (κ1) is 22.3. The molecule has 1 aliphatic rings. The summed E-state index contributed by atoms with van der Waals surface area (Å²) in [7, 11) is 1.44. The number of halogens is 2. The fraction of sp³-hybridized carbons (Fsp3) is 0.292. The van der Waals surface area contributed by atoms with Gasteiger partial charge in [-0.25, -0.2) is 13.5 Å². The number of carbonyl (C=O) groups is 1. The molecule has 0 spiro atoms. The van der Waals surface area contributed by atoms with Crippen LogP contribution in [0.3, 0.4) is 0 Å². The summed E-state index contributed by atoms with van der Waals surface area (Å²) >= 11 is 0. The van der Waals surface area contributed by atoms with Crippen molar-refractivity contribution in [1.82, 2.24) is 15.1 Å². The molecule has 4 rings (SSSR count). The third-order valence-corrected chi connectivity index (χ3v) is 5.91. The molecule has 0 atom stereocenters. The van der Waals surface area contributed by atoms with Gasteiger partial charge in [-0.15, -0.1) is 0 Å². The van der Waals surface area contributed by atoms with Crippen molar-refractivity contribution in [2.45, 2.75) is 38.3 Å². The number of nitrogen functional groups attached to an aromatic ring is 1. The van der Waals surface area contributed by atoms with Gasteiger partial charge in [0.05, 0.1) is 18.7 Å². The molecular weight excluding hydrogens is 428 g/mol. The zero-order valence-corrected chi connectivity index (χ0v) is 18.1. The molecule has 3 aromatic rings. The summed E-state index contributed by atoms with van der Waals surface area (Å²) in [4.78, 5) is 12.5. The number of nitrogens with zero attached hydrogens (tertiary/aromatic N) is 3. The number of benzene rings is 2. The normalized spacial score (nSPS) is 13.6. The lowest BCUT2D eigenvalue weighted by Crippen LogP contribution is -2.24. The average Bonchev–Trinajstić information content (AvgIpc) is 3.46. The largest absolute Gasteiger partial charge is 0.496 e. The van der Waals surface area contributed by atoms with Gasteiger partial charge in [0.25, 0.3) is 5.91 Å². The fourth-order valence-corrected chi connectivity index (χ4v) is 4.18. The lowest BCUT2D eigenvalue weighted by Gasteiger charge is -2.11. The molecule has 1 aromatic heterocycles. The highest BCUT2D eigenvalue weighted by molar-refractivity contribution is 5.96. The van der Waals surface area contributed by atoms with Crippen molar-refractivity contribution >= 4 is 11.7 Å². The fourth-order valence-electron chi connectivity index (χ4n) is 4.18. The molecule has 1 saturated carbocycles. The number of carbonyl (C=O) groups excluding carboxylic acids is 1. The molecule has 170 valence electrons. The maximum atomic E-state index is 15.0. The van der Waals surface area contributed by atoms with E-state index in [2.05, 4.69) is 10.4 Å². The van der Waals surface area contributed by atoms with Crippen LogP contribution in [0.1, 0.15) is 53.2 Å². The SMILES string of the molecule is COc1ccccc1C(=O)NCc1cc(F)c(-c2nn(C3CCCC3)c(N)c2C#N)cc1F. The molecule has 33 heavy (non-hydrogen) atoms. The Morgan fingerprint density at radius 1 is 1.27 bits per heavy atom. The van der Waals surface area contributed by atoms with Gasteiger partial charge in [0.15, 0.2) is 0 Å². The van der Waals surface area contributed by atoms with Crippen LogP contribution in [-0.4, -0.2) is 22.8 Å². The minimum absolute atomic E-state index is 0.0166. The predicted molar refractivity (Wildman–Crippen MR) is 118 cm³/mol. The number of nitrogens with one attached hydrogen (secondary N) is 1. The van der Waals surface area contributed by atoms with Crippen molar-refractivity contribution in [2.75, 3.05) is 12.8 Å². The molecule has 1 amide bonds. The molecule has 9 heteroatoms. The monoisotopic (exact) mass is 451 g/mol. The molecule has 3 N–H and O–H groups in total. The summed E-state index contributed by atoms with van der Waals surface area (Å²) in [6.07, 6.45) is 3.80. The molecule has 2 aromatic carbocycles. The Morgan fingerprint density at radius 3 is 2.70 bits per heavy atom. The van der Waals surface area contributed by atoms with Crippen LogP contribution in [0, 0.1) is 23.0 Å². The molecule has 0 aliphatic heterocycles. The second-order valence-corrected chi connectivity index (χ2v) is 7.91. The first-order valence-corrected chi connectivity index (χ1v) is 10.6. The zero-order valence-electron chi connectivity index (χ0n) is 18.1. The molecular formula is C24H23F2N5O2. The van der Waals surface area contributed by atoms with Crippen molar-refractivity contribution in [3.05, 3.63) is 64.7 Å². The summed E-state index contributed by atoms with van der Waals surface area (Å²) in [6, 6.07) is 10.6. The van der Waals surface area contributed by atoms with E-state index >= 15 is 4.39 Å². The summed E-state index contributed by atoms with van der Waals surface area (Å²) in [5, 5.41) is 16.5. The van der Waals surface area contributed by atoms with E-state index in [9.17, 15) is 14.4 Å². The van der Waals surface area contributed by atoms with Gasteiger partial charge in [-0.1, -0.05) is 25.0 Å². The van der Waals surface area contributed by atoms with E-state index in [-0.39, 0.29) is 46.4 Å². The summed E-state index contributed by atoms with van der Waals surface area (Å²) in [6.45, 7) is -0.232. The molecule has 1 aliphatic carbocycles. The first-order chi connectivity index (χ1) is 15.9. The highest BCUT2D eigenvalue weighted by Gasteiger charge is 2.26. The number of rotatable bonds is 6. The quantitative estimate of drug-likeness (QED) is 0.580. The topological polar surface area (TPSA) is 106 Å². The molecule has 0 bridgehead atoms. The average molecular weight is 451 g/mol. The van der Waals surface area contributed by atoms with Gasteiger partial charge in [-0.2, -0.15) is 10.4 Å². The minimum atomic E-state index is -0.759. The Hall–Kier alpha value is -3.93. The van der Waals surface area contributed by atoms with E-state index in [1.807, 2.05) is 6.07 Å². The van der Waals surface area contributed by atoms with E-state index in [1.54, 1.807) is 28.9 Å². The standard InChI is InChI=1S/C24H23F2N5O2/c1-33-21-9-5-4-8-16(21)24(32)29-13-14-10-20(26)17(11-19(14)25)22-18(12-27)23(28)31(30-22)15-6-2-3-7-15/h4-5,8-11,15H,2-3,6-7,13,28H2,1H3,(H,29,32). The minimum Gasteiger partial charge on any atom is -0.496 e. The molecule has 1 fully saturated rings. The number of nitriles is 1. The summed E-state index contributed by atoms with van der Waals surface area (Å²) in [5.74, 6) is -1.44. The van der Waals surface area contributed by atoms with Gasteiger partial charge in [0.2, 0.25) is 0 Å². The molecule has 0 radical (unpaired) electrons. The number of anilines is 1. The van der Waals surface area contributed by atoms with Gasteiger partial charge >= 0.3 is 0 Å². The summed E-state index contributed by atoms with van der Waals surface area (Å²) in [5.41, 5.74) is 6.25. The van der Waals surface area contributed by atoms with Gasteiger partial charge in [0.1, 0.15) is 40.5 Å². The van der Waals surface area contributed by atoms with Crippen LogP contribution in [0.5, 0.6) is 5.75 Å². The molecule has 7 nitrogen and oxygen atoms in total. The number of aromatic nitrogens is 2. The number of nitrogens with two attached hydrogens (primary N) is 1. The van der Waals surface area contributed by atoms with Crippen molar-refractivity contribution in [3.63, 3.8) is 0 Å². The maximum absolute atomic E-state index is 15.0. The highest BCUT2D eigenvalue weighted by atomic mass is 19.1. The Morgan fingerprint density at radius 2 is 2.00 bits per heavy atom. The Kier molecular flexibility index (Phi) is 6.27. The van der Waals surface area contributed by atoms with Gasteiger partial charge in [-0.05, 0) is 37.1 Å². The first-order valence-electron chi connectivity index (χ1n) is 10.6. The van der Waals surface area contributed by atoms with E-state index in [0.717, 1.165) is 37.8 Å². The zero-order chi connectivity index (χ0) is 23.5. The molecule has 1 heterocycles. The Balaban J connectivity index is 1.60. The number of methoxy groups -OCH3 is 1. The smallest absolute Gasteiger partial charge is 0.255 e. The Labute approximate surface area is 189 Å². The van der Waals surface area contributed by atoms with E-state index in [4.69, 9.17) is 10.5 Å². The van der Waals surface area contributed by atoms with Crippen molar-refractivity contribution in [2.24, 2.45) is 0 Å². The third-order valence-electron chi connectivity index (χ3n) is 5.91. The van der Waals surface area contributed by atoms with Gasteiger partial charge in [0, 0.05) is 17.7 Å². The number of hydrogen-bond acceptors (Lipinski definition) is 5. The summed E-state index contributed by atoms with van der Waals surface area (Å²) < 4.78 is 36.6. The highest BCUT2D eigenvalue weighted by Crippen LogP contribution is 2.36. The lowest BCUT2D eigenvalue weighted by atomic mass is 10.0. The van der Waals surface area contributed by atoms with Crippen LogP contribution in [0.4, 0.5) is 14.6 Å². The van der Waals surface area contributed by atoms with Crippen LogP contribution in [0.2, 0.25) is 0 Å². The van der Waals surface area contributed by atoms with Crippen molar-refractivity contribution in [3.8, 4) is 23.1 Å². The van der Waals surface area contributed by atoms with E-state index in [1.165, 1.54) is 7.11 Å². The van der Waals surface area contributed by atoms with Gasteiger partial charge in [-0.3, -0.25) is 4.79 Å². The number of ether oxygens (including phenoxy) is 1. The van der Waals surface area contributed by atoms with Crippen LogP contribution in [-0.2, 0) is 6.54 Å². The van der Waals surface area contributed by atoms with E-state index < -0.39 is 17.5 Å². The Bertz CT molecular complexity index is 1240. The van der Waals surface area contributed by atoms with E-state index in [0.29, 0.717) is 5.75 Å². The second-order valence-electron chi connectivity index (χ2n) is 7.91. The number of para-hydroxylation sites is 1. The third kappa shape index (κ3) is 4.24. The second kappa shape index (κ2) is 9.28. The van der Waals surface area contributed by atoms with Crippen LogP contribution in [0.25, 0.3) is 11.3 Å². The van der Waals surface area contributed by atoms with Crippen molar-refractivity contribution in [1.29, 1.82) is 5.26 Å². The number of hydrogen-bond donors (Lipinski definition) is 2. The molecule has 0 saturated heterocycles. The van der Waals surface area contributed by atoms with Crippen LogP contribution < -0.4 is 15.8 Å².